The highest BCUT2D eigenvalue weighted by atomic mass is 32.1. The maximum absolute atomic E-state index is 13.2. The number of hydrogen-bond donors (Lipinski definition) is 0. The molecule has 2 amide bonds. The van der Waals surface area contributed by atoms with Crippen molar-refractivity contribution in [3.63, 3.8) is 0 Å². The minimum absolute atomic E-state index is 0.0265. The summed E-state index contributed by atoms with van der Waals surface area (Å²) in [5.74, 6) is 0.408. The summed E-state index contributed by atoms with van der Waals surface area (Å²) in [5, 5.41) is 1.94. The van der Waals surface area contributed by atoms with Crippen LogP contribution < -0.4 is 0 Å². The Morgan fingerprint density at radius 3 is 2.46 bits per heavy atom. The van der Waals surface area contributed by atoms with Crippen LogP contribution in [-0.2, 0) is 6.42 Å². The summed E-state index contributed by atoms with van der Waals surface area (Å²) in [6.45, 7) is 1.35. The van der Waals surface area contributed by atoms with Crippen LogP contribution in [-0.4, -0.2) is 57.8 Å². The van der Waals surface area contributed by atoms with Gasteiger partial charge in [0.25, 0.3) is 11.8 Å². The van der Waals surface area contributed by atoms with Gasteiger partial charge in [-0.15, -0.1) is 11.3 Å². The highest BCUT2D eigenvalue weighted by Gasteiger charge is 2.33. The first-order valence-electron chi connectivity index (χ1n) is 11.9. The van der Waals surface area contributed by atoms with Crippen molar-refractivity contribution in [3.05, 3.63) is 94.4 Å². The van der Waals surface area contributed by atoms with Gasteiger partial charge in [0, 0.05) is 44.1 Å². The van der Waals surface area contributed by atoms with E-state index in [2.05, 4.69) is 22.1 Å². The second-order valence-electron chi connectivity index (χ2n) is 9.04. The number of carbonyl (C=O) groups is 2. The van der Waals surface area contributed by atoms with E-state index in [9.17, 15) is 9.59 Å². The van der Waals surface area contributed by atoms with Crippen molar-refractivity contribution in [2.45, 2.75) is 25.3 Å². The average Bonchev–Trinajstić information content (AvgIpc) is 3.46. The predicted molar refractivity (Wildman–Crippen MR) is 139 cm³/mol. The van der Waals surface area contributed by atoms with Crippen LogP contribution in [0.2, 0.25) is 0 Å². The number of benzene rings is 2. The number of fused-ring (bicyclic) bond motifs is 1. The molecule has 1 fully saturated rings. The van der Waals surface area contributed by atoms with Gasteiger partial charge in [-0.1, -0.05) is 36.4 Å². The summed E-state index contributed by atoms with van der Waals surface area (Å²) >= 11 is 1.48. The summed E-state index contributed by atoms with van der Waals surface area (Å²) in [5.41, 5.74) is 3.37. The van der Waals surface area contributed by atoms with Crippen LogP contribution in [0.25, 0.3) is 11.0 Å². The molecule has 0 N–H and O–H groups in total. The van der Waals surface area contributed by atoms with E-state index < -0.39 is 0 Å². The van der Waals surface area contributed by atoms with E-state index in [0.717, 1.165) is 35.2 Å². The Kier molecular flexibility index (Phi) is 6.86. The molecule has 1 saturated heterocycles. The SMILES string of the molecule is CN(C(=O)c1cccs1)[C@H](Cc1ccccc1)C1CCN(C(=O)c2ccc3nccnc3c2)CC1. The van der Waals surface area contributed by atoms with Crippen molar-refractivity contribution < 1.29 is 9.59 Å². The zero-order valence-corrected chi connectivity index (χ0v) is 20.5. The van der Waals surface area contributed by atoms with E-state index in [0.29, 0.717) is 24.6 Å². The van der Waals surface area contributed by atoms with Gasteiger partial charge in [-0.25, -0.2) is 0 Å². The molecule has 3 heterocycles. The molecular weight excluding hydrogens is 456 g/mol. The molecule has 1 aliphatic heterocycles. The summed E-state index contributed by atoms with van der Waals surface area (Å²) in [7, 11) is 1.92. The van der Waals surface area contributed by atoms with Crippen LogP contribution in [0, 0.1) is 5.92 Å². The number of piperidine rings is 1. The molecule has 1 atom stereocenters. The summed E-state index contributed by atoms with van der Waals surface area (Å²) < 4.78 is 0. The van der Waals surface area contributed by atoms with E-state index in [4.69, 9.17) is 0 Å². The lowest BCUT2D eigenvalue weighted by Gasteiger charge is -2.40. The largest absolute Gasteiger partial charge is 0.339 e. The van der Waals surface area contributed by atoms with Gasteiger partial charge in [0.15, 0.2) is 0 Å². The fraction of sp³-hybridized carbons (Fsp3) is 0.286. The molecule has 178 valence electrons. The first-order valence-corrected chi connectivity index (χ1v) is 12.8. The van der Waals surface area contributed by atoms with Crippen molar-refractivity contribution in [2.75, 3.05) is 20.1 Å². The van der Waals surface area contributed by atoms with E-state index in [1.54, 1.807) is 12.4 Å². The first kappa shape index (κ1) is 23.2. The van der Waals surface area contributed by atoms with Gasteiger partial charge in [0.05, 0.1) is 15.9 Å². The van der Waals surface area contributed by atoms with Crippen molar-refractivity contribution in [1.82, 2.24) is 19.8 Å². The van der Waals surface area contributed by atoms with Crippen LogP contribution in [0.3, 0.4) is 0 Å². The van der Waals surface area contributed by atoms with Gasteiger partial charge in [-0.2, -0.15) is 0 Å². The third kappa shape index (κ3) is 5.10. The first-order chi connectivity index (χ1) is 17.1. The van der Waals surface area contributed by atoms with E-state index in [1.807, 2.05) is 70.8 Å². The Morgan fingerprint density at radius 1 is 1.00 bits per heavy atom. The average molecular weight is 485 g/mol. The topological polar surface area (TPSA) is 66.4 Å². The zero-order chi connectivity index (χ0) is 24.2. The standard InChI is InChI=1S/C28H28N4O2S/c1-31(28(34)26-8-5-17-35-26)25(18-20-6-3-2-4-7-20)21-11-15-32(16-12-21)27(33)22-9-10-23-24(19-22)30-14-13-29-23/h2-10,13-14,17,19,21,25H,11-12,15-16,18H2,1H3/t25-/m1/s1. The molecule has 0 unspecified atom stereocenters. The molecular formula is C28H28N4O2S. The maximum Gasteiger partial charge on any atom is 0.263 e. The minimum atomic E-state index is 0.0265. The number of nitrogens with zero attached hydrogens (tertiary/aromatic N) is 4. The molecule has 35 heavy (non-hydrogen) atoms. The Balaban J connectivity index is 1.30. The summed E-state index contributed by atoms with van der Waals surface area (Å²) in [4.78, 5) is 39.7. The van der Waals surface area contributed by atoms with Gasteiger partial charge < -0.3 is 9.80 Å². The number of likely N-dealkylation sites (tertiary alicyclic amines) is 1. The number of likely N-dealkylation sites (N-methyl/N-ethyl adjacent to an activating group) is 1. The highest BCUT2D eigenvalue weighted by molar-refractivity contribution is 7.12. The van der Waals surface area contributed by atoms with Gasteiger partial charge >= 0.3 is 0 Å². The van der Waals surface area contributed by atoms with Crippen LogP contribution in [0.5, 0.6) is 0 Å². The molecule has 6 nitrogen and oxygen atoms in total. The van der Waals surface area contributed by atoms with Gasteiger partial charge in [-0.3, -0.25) is 19.6 Å². The molecule has 0 spiro atoms. The molecule has 5 rings (SSSR count). The van der Waals surface area contributed by atoms with Crippen LogP contribution in [0.15, 0.2) is 78.4 Å². The van der Waals surface area contributed by atoms with Gasteiger partial charge in [0.2, 0.25) is 0 Å². The van der Waals surface area contributed by atoms with Gasteiger partial charge in [-0.05, 0) is 60.4 Å². The Morgan fingerprint density at radius 2 is 1.74 bits per heavy atom. The molecule has 2 aromatic heterocycles. The smallest absolute Gasteiger partial charge is 0.263 e. The lowest BCUT2D eigenvalue weighted by Crippen LogP contribution is -2.48. The van der Waals surface area contributed by atoms with Crippen molar-refractivity contribution >= 4 is 34.2 Å². The fourth-order valence-electron chi connectivity index (χ4n) is 4.97. The second-order valence-corrected chi connectivity index (χ2v) is 9.99. The molecule has 0 aliphatic carbocycles. The number of amides is 2. The predicted octanol–water partition coefficient (Wildman–Crippen LogP) is 4.93. The summed E-state index contributed by atoms with van der Waals surface area (Å²) in [6, 6.07) is 19.7. The molecule has 2 aromatic carbocycles. The zero-order valence-electron chi connectivity index (χ0n) is 19.7. The molecule has 0 bridgehead atoms. The van der Waals surface area contributed by atoms with Gasteiger partial charge in [0.1, 0.15) is 0 Å². The third-order valence-corrected chi connectivity index (χ3v) is 7.78. The lowest BCUT2D eigenvalue weighted by molar-refractivity contribution is 0.0525. The van der Waals surface area contributed by atoms with Crippen LogP contribution >= 0.6 is 11.3 Å². The molecule has 1 aliphatic rings. The Hall–Kier alpha value is -3.58. The van der Waals surface area contributed by atoms with E-state index >= 15 is 0 Å². The Bertz CT molecular complexity index is 1300. The normalized spacial score (nSPS) is 15.2. The lowest BCUT2D eigenvalue weighted by atomic mass is 9.84. The maximum atomic E-state index is 13.2. The minimum Gasteiger partial charge on any atom is -0.339 e. The van der Waals surface area contributed by atoms with E-state index in [1.165, 1.54) is 16.9 Å². The van der Waals surface area contributed by atoms with Crippen molar-refractivity contribution in [3.8, 4) is 0 Å². The van der Waals surface area contributed by atoms with Crippen LogP contribution in [0.4, 0.5) is 0 Å². The van der Waals surface area contributed by atoms with E-state index in [-0.39, 0.29) is 17.9 Å². The Labute approximate surface area is 209 Å². The summed E-state index contributed by atoms with van der Waals surface area (Å²) in [6.07, 6.45) is 5.82. The monoisotopic (exact) mass is 484 g/mol. The van der Waals surface area contributed by atoms with Crippen molar-refractivity contribution in [2.24, 2.45) is 5.92 Å². The molecule has 4 aromatic rings. The fourth-order valence-corrected chi connectivity index (χ4v) is 5.67. The number of hydrogen-bond acceptors (Lipinski definition) is 5. The number of carbonyl (C=O) groups excluding carboxylic acids is 2. The quantitative estimate of drug-likeness (QED) is 0.389. The second kappa shape index (κ2) is 10.4. The third-order valence-electron chi connectivity index (χ3n) is 6.92. The molecule has 0 saturated carbocycles. The number of rotatable bonds is 6. The van der Waals surface area contributed by atoms with Crippen molar-refractivity contribution in [1.29, 1.82) is 0 Å². The van der Waals surface area contributed by atoms with Crippen LogP contribution in [0.1, 0.15) is 38.4 Å². The molecule has 7 heteroatoms. The number of thiophene rings is 1. The highest BCUT2D eigenvalue weighted by Crippen LogP contribution is 2.29. The number of aromatic nitrogens is 2. The molecule has 0 radical (unpaired) electrons.